The zero-order chi connectivity index (χ0) is 25.9. The molecule has 0 spiro atoms. The number of anilines is 1. The van der Waals surface area contributed by atoms with E-state index in [0.29, 0.717) is 30.2 Å². The van der Waals surface area contributed by atoms with Crippen LogP contribution in [0.25, 0.3) is 6.08 Å². The molecule has 3 rings (SSSR count). The quantitative estimate of drug-likeness (QED) is 0.289. The highest BCUT2D eigenvalue weighted by Gasteiger charge is 2.16. The lowest BCUT2D eigenvalue weighted by molar-refractivity contribution is -0.118. The zero-order valence-electron chi connectivity index (χ0n) is 20.0. The van der Waals surface area contributed by atoms with Gasteiger partial charge in [0, 0.05) is 12.2 Å². The fraction of sp³-hybridized carbons (Fsp3) is 0.179. The highest BCUT2D eigenvalue weighted by Crippen LogP contribution is 2.37. The normalized spacial score (nSPS) is 10.8. The molecule has 0 radical (unpaired) electrons. The van der Waals surface area contributed by atoms with E-state index in [2.05, 4.69) is 10.6 Å². The van der Waals surface area contributed by atoms with Crippen molar-refractivity contribution in [2.75, 3.05) is 18.5 Å². The smallest absolute Gasteiger partial charge is 0.262 e. The van der Waals surface area contributed by atoms with Crippen molar-refractivity contribution < 1.29 is 19.1 Å². The first-order valence-corrected chi connectivity index (χ1v) is 11.7. The Bertz CT molecular complexity index is 1300. The maximum absolute atomic E-state index is 12.5. The Kier molecular flexibility index (Phi) is 9.49. The van der Waals surface area contributed by atoms with Crippen molar-refractivity contribution in [1.29, 1.82) is 5.26 Å². The van der Waals surface area contributed by atoms with Crippen LogP contribution < -0.4 is 20.1 Å². The van der Waals surface area contributed by atoms with Crippen LogP contribution in [-0.2, 0) is 16.1 Å². The van der Waals surface area contributed by atoms with E-state index >= 15 is 0 Å². The summed E-state index contributed by atoms with van der Waals surface area (Å²) in [5.41, 5.74) is 2.99. The second-order valence-electron chi connectivity index (χ2n) is 7.81. The lowest BCUT2D eigenvalue weighted by Gasteiger charge is -2.15. The molecule has 3 aromatic rings. The number of rotatable bonds is 10. The number of benzene rings is 3. The van der Waals surface area contributed by atoms with Crippen LogP contribution in [0.1, 0.15) is 23.6 Å². The van der Waals surface area contributed by atoms with E-state index in [1.165, 1.54) is 6.08 Å². The van der Waals surface area contributed by atoms with Gasteiger partial charge in [-0.05, 0) is 60.9 Å². The number of ether oxygens (including phenoxy) is 2. The molecule has 0 aliphatic heterocycles. The molecule has 0 aromatic heterocycles. The minimum Gasteiger partial charge on any atom is -0.490 e. The van der Waals surface area contributed by atoms with Gasteiger partial charge < -0.3 is 20.1 Å². The molecule has 3 aromatic carbocycles. The topological polar surface area (TPSA) is 100 Å². The van der Waals surface area contributed by atoms with E-state index in [4.69, 9.17) is 21.1 Å². The molecule has 2 amide bonds. The third kappa shape index (κ3) is 7.62. The van der Waals surface area contributed by atoms with Crippen LogP contribution in [0.15, 0.2) is 72.3 Å². The minimum absolute atomic E-state index is 0.0874. The van der Waals surface area contributed by atoms with Crippen molar-refractivity contribution in [2.45, 2.75) is 20.4 Å². The largest absolute Gasteiger partial charge is 0.490 e. The van der Waals surface area contributed by atoms with Gasteiger partial charge in [-0.2, -0.15) is 5.26 Å². The second-order valence-corrected chi connectivity index (χ2v) is 8.21. The lowest BCUT2D eigenvalue weighted by atomic mass is 10.1. The standard InChI is InChI=1S/C28H26ClN3O4/c1-3-35-25-15-21(13-22(16-30)28(34)31-17-20-9-5-4-6-10-20)14-24(29)27(25)36-18-26(33)32-23-11-7-8-19(2)12-23/h4-15H,3,17-18H2,1-2H3,(H,31,34)(H,32,33)/b22-13+. The number of carbonyl (C=O) groups is 2. The highest BCUT2D eigenvalue weighted by molar-refractivity contribution is 6.32. The second kappa shape index (κ2) is 13.0. The van der Waals surface area contributed by atoms with Crippen LogP contribution in [0.3, 0.4) is 0 Å². The summed E-state index contributed by atoms with van der Waals surface area (Å²) in [7, 11) is 0. The molecule has 2 N–H and O–H groups in total. The van der Waals surface area contributed by atoms with Crippen molar-refractivity contribution in [3.63, 3.8) is 0 Å². The van der Waals surface area contributed by atoms with E-state index in [1.54, 1.807) is 25.1 Å². The van der Waals surface area contributed by atoms with Gasteiger partial charge in [-0.1, -0.05) is 54.1 Å². The van der Waals surface area contributed by atoms with Crippen molar-refractivity contribution in [3.05, 3.63) is 94.0 Å². The van der Waals surface area contributed by atoms with Crippen LogP contribution in [0.4, 0.5) is 5.69 Å². The Morgan fingerprint density at radius 3 is 2.53 bits per heavy atom. The maximum atomic E-state index is 12.5. The summed E-state index contributed by atoms with van der Waals surface area (Å²) in [6.07, 6.45) is 1.42. The van der Waals surface area contributed by atoms with Gasteiger partial charge in [0.2, 0.25) is 0 Å². The van der Waals surface area contributed by atoms with Crippen LogP contribution >= 0.6 is 11.6 Å². The number of hydrogen-bond donors (Lipinski definition) is 2. The van der Waals surface area contributed by atoms with Gasteiger partial charge in [-0.3, -0.25) is 9.59 Å². The van der Waals surface area contributed by atoms with E-state index < -0.39 is 5.91 Å². The summed E-state index contributed by atoms with van der Waals surface area (Å²) in [6, 6.07) is 21.9. The molecule has 0 atom stereocenters. The molecule has 0 bridgehead atoms. The number of aryl methyl sites for hydroxylation is 1. The summed E-state index contributed by atoms with van der Waals surface area (Å²) < 4.78 is 11.3. The monoisotopic (exact) mass is 503 g/mol. The maximum Gasteiger partial charge on any atom is 0.262 e. The van der Waals surface area contributed by atoms with Crippen LogP contribution in [-0.4, -0.2) is 25.0 Å². The fourth-order valence-electron chi connectivity index (χ4n) is 3.32. The number of halogens is 1. The Balaban J connectivity index is 1.72. The molecular weight excluding hydrogens is 478 g/mol. The SMILES string of the molecule is CCOc1cc(/C=C(\C#N)C(=O)NCc2ccccc2)cc(Cl)c1OCC(=O)Nc1cccc(C)c1. The van der Waals surface area contributed by atoms with Gasteiger partial charge in [0.25, 0.3) is 11.8 Å². The first-order valence-electron chi connectivity index (χ1n) is 11.3. The summed E-state index contributed by atoms with van der Waals surface area (Å²) in [4.78, 5) is 24.9. The molecule has 8 heteroatoms. The molecule has 0 fully saturated rings. The van der Waals surface area contributed by atoms with E-state index in [9.17, 15) is 14.9 Å². The van der Waals surface area contributed by atoms with Crippen LogP contribution in [0, 0.1) is 18.3 Å². The summed E-state index contributed by atoms with van der Waals surface area (Å²) >= 11 is 6.43. The molecule has 0 saturated heterocycles. The molecule has 7 nitrogen and oxygen atoms in total. The Labute approximate surface area is 215 Å². The van der Waals surface area contributed by atoms with Gasteiger partial charge in [0.1, 0.15) is 11.6 Å². The van der Waals surface area contributed by atoms with Crippen molar-refractivity contribution in [3.8, 4) is 17.6 Å². The number of carbonyl (C=O) groups excluding carboxylic acids is 2. The highest BCUT2D eigenvalue weighted by atomic mass is 35.5. The van der Waals surface area contributed by atoms with Crippen LogP contribution in [0.5, 0.6) is 11.5 Å². The number of nitriles is 1. The summed E-state index contributed by atoms with van der Waals surface area (Å²) in [5, 5.41) is 15.2. The van der Waals surface area contributed by atoms with E-state index in [1.807, 2.05) is 61.5 Å². The molecule has 0 heterocycles. The molecular formula is C28H26ClN3O4. The Morgan fingerprint density at radius 1 is 1.06 bits per heavy atom. The molecule has 0 aliphatic carbocycles. The number of nitrogens with one attached hydrogen (secondary N) is 2. The average Bonchev–Trinajstić information content (AvgIpc) is 2.86. The van der Waals surface area contributed by atoms with Crippen molar-refractivity contribution in [2.24, 2.45) is 0 Å². The van der Waals surface area contributed by atoms with E-state index in [0.717, 1.165) is 11.1 Å². The van der Waals surface area contributed by atoms with Gasteiger partial charge >= 0.3 is 0 Å². The zero-order valence-corrected chi connectivity index (χ0v) is 20.8. The molecule has 184 valence electrons. The number of hydrogen-bond acceptors (Lipinski definition) is 5. The predicted molar refractivity (Wildman–Crippen MR) is 140 cm³/mol. The first-order chi connectivity index (χ1) is 17.4. The minimum atomic E-state index is -0.511. The lowest BCUT2D eigenvalue weighted by Crippen LogP contribution is -2.23. The fourth-order valence-corrected chi connectivity index (χ4v) is 3.59. The molecule has 0 saturated carbocycles. The molecule has 0 aliphatic rings. The van der Waals surface area contributed by atoms with Gasteiger partial charge in [0.15, 0.2) is 18.1 Å². The molecule has 0 unspecified atom stereocenters. The molecule has 36 heavy (non-hydrogen) atoms. The van der Waals surface area contributed by atoms with Gasteiger partial charge in [-0.25, -0.2) is 0 Å². The average molecular weight is 504 g/mol. The van der Waals surface area contributed by atoms with Gasteiger partial charge in [0.05, 0.1) is 11.6 Å². The number of nitrogens with zero attached hydrogens (tertiary/aromatic N) is 1. The summed E-state index contributed by atoms with van der Waals surface area (Å²) in [6.45, 7) is 4.05. The predicted octanol–water partition coefficient (Wildman–Crippen LogP) is 5.29. The first kappa shape index (κ1) is 26.3. The number of amides is 2. The van der Waals surface area contributed by atoms with Crippen molar-refractivity contribution in [1.82, 2.24) is 5.32 Å². The van der Waals surface area contributed by atoms with Crippen molar-refractivity contribution >= 4 is 35.2 Å². The van der Waals surface area contributed by atoms with Gasteiger partial charge in [-0.15, -0.1) is 0 Å². The third-order valence-electron chi connectivity index (χ3n) is 4.95. The Hall–Kier alpha value is -4.28. The van der Waals surface area contributed by atoms with Crippen LogP contribution in [0.2, 0.25) is 5.02 Å². The Morgan fingerprint density at radius 2 is 1.83 bits per heavy atom. The summed E-state index contributed by atoms with van der Waals surface area (Å²) in [5.74, 6) is -0.378. The third-order valence-corrected chi connectivity index (χ3v) is 5.23. The van der Waals surface area contributed by atoms with E-state index in [-0.39, 0.29) is 28.9 Å².